The van der Waals surface area contributed by atoms with Crippen LogP contribution in [-0.2, 0) is 0 Å². The first kappa shape index (κ1) is 13.8. The lowest BCUT2D eigenvalue weighted by Gasteiger charge is -2.23. The molecule has 16 heavy (non-hydrogen) atoms. The summed E-state index contributed by atoms with van der Waals surface area (Å²) in [5.41, 5.74) is 0.753. The third-order valence-electron chi connectivity index (χ3n) is 2.15. The molecule has 0 aliphatic rings. The van der Waals surface area contributed by atoms with Gasteiger partial charge in [0.1, 0.15) is 0 Å². The summed E-state index contributed by atoms with van der Waals surface area (Å²) in [6.07, 6.45) is -0.575. The molecule has 2 nitrogen and oxygen atoms in total. The molecule has 1 rings (SSSR count). The molecule has 0 radical (unpaired) electrons. The number of hydrogen-bond donors (Lipinski definition) is 2. The predicted octanol–water partition coefficient (Wildman–Crippen LogP) is 3.41. The fourth-order valence-electron chi connectivity index (χ4n) is 1.24. The fourth-order valence-corrected chi connectivity index (χ4v) is 1.55. The summed E-state index contributed by atoms with van der Waals surface area (Å²) in [4.78, 5) is 0. The van der Waals surface area contributed by atoms with E-state index >= 15 is 0 Å². The van der Waals surface area contributed by atoms with Crippen LogP contribution in [-0.4, -0.2) is 17.2 Å². The van der Waals surface area contributed by atoms with Gasteiger partial charge in [-0.25, -0.2) is 0 Å². The van der Waals surface area contributed by atoms with Crippen LogP contribution in [0, 0.1) is 0 Å². The van der Waals surface area contributed by atoms with Gasteiger partial charge in [-0.1, -0.05) is 29.3 Å². The molecule has 0 spiro atoms. The van der Waals surface area contributed by atoms with Crippen molar-refractivity contribution in [3.8, 4) is 0 Å². The molecule has 0 amide bonds. The molecule has 0 saturated heterocycles. The zero-order valence-corrected chi connectivity index (χ0v) is 11.2. The van der Waals surface area contributed by atoms with E-state index < -0.39 is 6.10 Å². The minimum atomic E-state index is -0.575. The maximum Gasteiger partial charge on any atom is 0.0915 e. The topological polar surface area (TPSA) is 32.3 Å². The Morgan fingerprint density at radius 3 is 2.38 bits per heavy atom. The Bertz CT molecular complexity index is 361. The van der Waals surface area contributed by atoms with Gasteiger partial charge in [-0.15, -0.1) is 0 Å². The van der Waals surface area contributed by atoms with Crippen molar-refractivity contribution in [1.82, 2.24) is 5.32 Å². The number of β-amino-alcohol motifs (C(OH)–C–C–N with tert-alkyl or cyclic N) is 1. The molecule has 0 heterocycles. The van der Waals surface area contributed by atoms with Crippen LogP contribution >= 0.6 is 23.2 Å². The van der Waals surface area contributed by atoms with Gasteiger partial charge in [0, 0.05) is 12.1 Å². The monoisotopic (exact) mass is 261 g/mol. The van der Waals surface area contributed by atoms with Gasteiger partial charge in [-0.3, -0.25) is 0 Å². The zero-order valence-electron chi connectivity index (χ0n) is 9.72. The Morgan fingerprint density at radius 1 is 1.25 bits per heavy atom. The molecule has 0 bridgehead atoms. The van der Waals surface area contributed by atoms with E-state index in [0.717, 1.165) is 5.56 Å². The molecular weight excluding hydrogens is 245 g/mol. The highest BCUT2D eigenvalue weighted by Gasteiger charge is 2.14. The number of benzene rings is 1. The Kier molecular flexibility index (Phi) is 4.62. The number of halogens is 2. The smallest absolute Gasteiger partial charge is 0.0915 e. The summed E-state index contributed by atoms with van der Waals surface area (Å²) in [5.74, 6) is 0. The molecule has 0 aliphatic heterocycles. The van der Waals surface area contributed by atoms with Gasteiger partial charge in [0.05, 0.1) is 16.1 Å². The van der Waals surface area contributed by atoms with E-state index in [2.05, 4.69) is 26.1 Å². The van der Waals surface area contributed by atoms with Crippen LogP contribution < -0.4 is 5.32 Å². The average molecular weight is 262 g/mol. The van der Waals surface area contributed by atoms with Gasteiger partial charge in [-0.2, -0.15) is 0 Å². The van der Waals surface area contributed by atoms with E-state index in [-0.39, 0.29) is 5.54 Å². The van der Waals surface area contributed by atoms with E-state index in [9.17, 15) is 5.11 Å². The zero-order chi connectivity index (χ0) is 12.3. The second-order valence-corrected chi connectivity index (χ2v) is 5.63. The number of hydrogen-bond acceptors (Lipinski definition) is 2. The quantitative estimate of drug-likeness (QED) is 0.874. The minimum absolute atomic E-state index is 0.0167. The maximum absolute atomic E-state index is 9.93. The number of rotatable bonds is 3. The lowest BCUT2D eigenvalue weighted by molar-refractivity contribution is 0.163. The molecule has 1 atom stereocenters. The van der Waals surface area contributed by atoms with Crippen LogP contribution in [0.25, 0.3) is 0 Å². The molecular formula is C12H17Cl2NO. The highest BCUT2D eigenvalue weighted by atomic mass is 35.5. The van der Waals surface area contributed by atoms with Gasteiger partial charge < -0.3 is 10.4 Å². The van der Waals surface area contributed by atoms with Gasteiger partial charge in [0.2, 0.25) is 0 Å². The van der Waals surface area contributed by atoms with E-state index in [4.69, 9.17) is 23.2 Å². The first-order valence-electron chi connectivity index (χ1n) is 5.17. The minimum Gasteiger partial charge on any atom is -0.387 e. The van der Waals surface area contributed by atoms with Crippen LogP contribution in [0.15, 0.2) is 18.2 Å². The van der Waals surface area contributed by atoms with Crippen molar-refractivity contribution < 1.29 is 5.11 Å². The standard InChI is InChI=1S/C12H17Cl2NO/c1-12(2,3)15-7-11(16)8-4-5-9(13)10(14)6-8/h4-6,11,15-16H,7H2,1-3H3/t11-/m1/s1. The van der Waals surface area contributed by atoms with Crippen molar-refractivity contribution in [2.45, 2.75) is 32.4 Å². The van der Waals surface area contributed by atoms with E-state index in [1.807, 2.05) is 0 Å². The molecule has 0 fully saturated rings. The molecule has 0 aliphatic carbocycles. The summed E-state index contributed by atoms with van der Waals surface area (Å²) in [7, 11) is 0. The van der Waals surface area contributed by atoms with Gasteiger partial charge >= 0.3 is 0 Å². The van der Waals surface area contributed by atoms with Crippen LogP contribution in [0.5, 0.6) is 0 Å². The number of aliphatic hydroxyl groups is 1. The molecule has 2 N–H and O–H groups in total. The van der Waals surface area contributed by atoms with Crippen molar-refractivity contribution >= 4 is 23.2 Å². The van der Waals surface area contributed by atoms with Crippen LogP contribution in [0.3, 0.4) is 0 Å². The largest absolute Gasteiger partial charge is 0.387 e. The summed E-state index contributed by atoms with van der Waals surface area (Å²) >= 11 is 11.7. The van der Waals surface area contributed by atoms with Gasteiger partial charge in [0.25, 0.3) is 0 Å². The summed E-state index contributed by atoms with van der Waals surface area (Å²) in [6.45, 7) is 6.64. The summed E-state index contributed by atoms with van der Waals surface area (Å²) < 4.78 is 0. The van der Waals surface area contributed by atoms with E-state index in [0.29, 0.717) is 16.6 Å². The van der Waals surface area contributed by atoms with Crippen LogP contribution in [0.2, 0.25) is 10.0 Å². The SMILES string of the molecule is CC(C)(C)NC[C@@H](O)c1ccc(Cl)c(Cl)c1. The molecule has 0 saturated carbocycles. The Balaban J connectivity index is 2.66. The third-order valence-corrected chi connectivity index (χ3v) is 2.89. The number of aliphatic hydroxyl groups excluding tert-OH is 1. The van der Waals surface area contributed by atoms with E-state index in [1.165, 1.54) is 0 Å². The van der Waals surface area contributed by atoms with Gasteiger partial charge in [0.15, 0.2) is 0 Å². The molecule has 0 unspecified atom stereocenters. The first-order chi connectivity index (χ1) is 7.29. The average Bonchev–Trinajstić information content (AvgIpc) is 2.17. The van der Waals surface area contributed by atoms with Gasteiger partial charge in [-0.05, 0) is 38.5 Å². The lowest BCUT2D eigenvalue weighted by Crippen LogP contribution is -2.38. The highest BCUT2D eigenvalue weighted by molar-refractivity contribution is 6.42. The molecule has 1 aromatic carbocycles. The normalized spacial score (nSPS) is 13.9. The van der Waals surface area contributed by atoms with Crippen LogP contribution in [0.1, 0.15) is 32.4 Å². The van der Waals surface area contributed by atoms with E-state index in [1.54, 1.807) is 18.2 Å². The predicted molar refractivity (Wildman–Crippen MR) is 69.2 cm³/mol. The number of nitrogens with one attached hydrogen (secondary N) is 1. The van der Waals surface area contributed by atoms with Crippen molar-refractivity contribution in [3.63, 3.8) is 0 Å². The molecule has 4 heteroatoms. The fraction of sp³-hybridized carbons (Fsp3) is 0.500. The summed E-state index contributed by atoms with van der Waals surface area (Å²) in [5, 5.41) is 14.1. The second kappa shape index (κ2) is 5.37. The van der Waals surface area contributed by atoms with Crippen molar-refractivity contribution in [2.24, 2.45) is 0 Å². The Hall–Kier alpha value is -0.280. The highest BCUT2D eigenvalue weighted by Crippen LogP contribution is 2.25. The molecule has 1 aromatic rings. The van der Waals surface area contributed by atoms with Crippen LogP contribution in [0.4, 0.5) is 0 Å². The second-order valence-electron chi connectivity index (χ2n) is 4.82. The molecule has 0 aromatic heterocycles. The van der Waals surface area contributed by atoms with Crippen molar-refractivity contribution in [1.29, 1.82) is 0 Å². The molecule has 90 valence electrons. The lowest BCUT2D eigenvalue weighted by atomic mass is 10.1. The van der Waals surface area contributed by atoms with Crippen molar-refractivity contribution in [3.05, 3.63) is 33.8 Å². The first-order valence-corrected chi connectivity index (χ1v) is 5.93. The Morgan fingerprint density at radius 2 is 1.88 bits per heavy atom. The maximum atomic E-state index is 9.93. The Labute approximate surface area is 107 Å². The third kappa shape index (κ3) is 4.30. The summed E-state index contributed by atoms with van der Waals surface area (Å²) in [6, 6.07) is 5.17. The van der Waals surface area contributed by atoms with Crippen molar-refractivity contribution in [2.75, 3.05) is 6.54 Å².